The number of hydrogen-bond donors (Lipinski definition) is 1. The lowest BCUT2D eigenvalue weighted by atomic mass is 9.85. The zero-order chi connectivity index (χ0) is 19.2. The maximum Gasteiger partial charge on any atom is 0.343 e. The van der Waals surface area contributed by atoms with Gasteiger partial charge in [-0.3, -0.25) is 0 Å². The smallest absolute Gasteiger partial charge is 0.343 e. The Bertz CT molecular complexity index is 937. The van der Waals surface area contributed by atoms with Gasteiger partial charge >= 0.3 is 5.63 Å². The van der Waals surface area contributed by atoms with Crippen molar-refractivity contribution in [3.63, 3.8) is 0 Å². The predicted octanol–water partition coefficient (Wildman–Crippen LogP) is 5.10. The van der Waals surface area contributed by atoms with Crippen LogP contribution < -0.4 is 16.1 Å². The van der Waals surface area contributed by atoms with Gasteiger partial charge in [-0.25, -0.2) is 4.79 Å². The molecule has 3 rings (SSSR count). The van der Waals surface area contributed by atoms with Crippen molar-refractivity contribution in [2.24, 2.45) is 5.73 Å². The Morgan fingerprint density at radius 2 is 1.81 bits per heavy atom. The molecule has 0 unspecified atom stereocenters. The fourth-order valence-electron chi connectivity index (χ4n) is 3.75. The van der Waals surface area contributed by atoms with Crippen molar-refractivity contribution in [3.8, 4) is 11.8 Å². The van der Waals surface area contributed by atoms with Gasteiger partial charge in [-0.05, 0) is 18.6 Å². The minimum absolute atomic E-state index is 0.0914. The van der Waals surface area contributed by atoms with E-state index in [0.717, 1.165) is 12.8 Å². The molecule has 0 amide bonds. The summed E-state index contributed by atoms with van der Waals surface area (Å²) in [5.41, 5.74) is 6.79. The number of allylic oxidation sites excluding steroid dienone is 1. The molecular formula is C22H26N2O3. The molecule has 0 radical (unpaired) electrons. The molecule has 0 fully saturated rings. The number of hydrogen-bond acceptors (Lipinski definition) is 5. The summed E-state index contributed by atoms with van der Waals surface area (Å²) in [6.45, 7) is 2.21. The Balaban J connectivity index is 1.84. The van der Waals surface area contributed by atoms with E-state index in [0.29, 0.717) is 34.3 Å². The summed E-state index contributed by atoms with van der Waals surface area (Å²) < 4.78 is 11.2. The number of nitriles is 1. The molecule has 1 aromatic heterocycles. The first-order chi connectivity index (χ1) is 13.2. The molecule has 1 aliphatic heterocycles. The van der Waals surface area contributed by atoms with Crippen molar-refractivity contribution < 1.29 is 9.15 Å². The number of nitrogens with zero attached hydrogens (tertiary/aromatic N) is 1. The molecule has 2 heterocycles. The summed E-state index contributed by atoms with van der Waals surface area (Å²) >= 11 is 0. The normalized spacial score (nSPS) is 16.1. The van der Waals surface area contributed by atoms with Crippen LogP contribution in [-0.2, 0) is 0 Å². The Morgan fingerprint density at radius 1 is 1.11 bits per heavy atom. The van der Waals surface area contributed by atoms with Crippen molar-refractivity contribution >= 4 is 11.0 Å². The second kappa shape index (κ2) is 8.77. The molecule has 0 spiro atoms. The summed E-state index contributed by atoms with van der Waals surface area (Å²) in [5.74, 6) is 0.162. The third kappa shape index (κ3) is 4.00. The fraction of sp³-hybridized carbons (Fsp3) is 0.455. The zero-order valence-corrected chi connectivity index (χ0v) is 15.8. The number of ether oxygens (including phenoxy) is 1. The van der Waals surface area contributed by atoms with E-state index in [1.165, 1.54) is 32.1 Å². The van der Waals surface area contributed by atoms with Crippen LogP contribution in [0.15, 0.2) is 44.9 Å². The van der Waals surface area contributed by atoms with Gasteiger partial charge in [0, 0.05) is 5.92 Å². The third-order valence-corrected chi connectivity index (χ3v) is 5.19. The topological polar surface area (TPSA) is 89.3 Å². The van der Waals surface area contributed by atoms with Crippen LogP contribution in [0.1, 0.15) is 69.8 Å². The molecule has 2 N–H and O–H groups in total. The first-order valence-electron chi connectivity index (χ1n) is 9.80. The van der Waals surface area contributed by atoms with E-state index in [4.69, 9.17) is 14.9 Å². The minimum Gasteiger partial charge on any atom is -0.439 e. The van der Waals surface area contributed by atoms with Gasteiger partial charge in [0.05, 0.1) is 16.5 Å². The van der Waals surface area contributed by atoms with Crippen LogP contribution in [0.3, 0.4) is 0 Å². The van der Waals surface area contributed by atoms with Crippen molar-refractivity contribution in [3.05, 3.63) is 51.7 Å². The molecule has 142 valence electrons. The van der Waals surface area contributed by atoms with Gasteiger partial charge in [-0.1, -0.05) is 64.0 Å². The summed E-state index contributed by atoms with van der Waals surface area (Å²) in [4.78, 5) is 12.6. The molecular weight excluding hydrogens is 340 g/mol. The molecule has 1 atom stereocenters. The summed E-state index contributed by atoms with van der Waals surface area (Å²) in [7, 11) is 0. The largest absolute Gasteiger partial charge is 0.439 e. The quantitative estimate of drug-likeness (QED) is 0.518. The Morgan fingerprint density at radius 3 is 2.56 bits per heavy atom. The number of rotatable bonds is 8. The lowest BCUT2D eigenvalue weighted by Crippen LogP contribution is -2.25. The van der Waals surface area contributed by atoms with E-state index in [1.807, 2.05) is 12.1 Å². The minimum atomic E-state index is -0.447. The summed E-state index contributed by atoms with van der Waals surface area (Å²) in [5, 5.41) is 10.3. The lowest BCUT2D eigenvalue weighted by molar-refractivity contribution is 0.376. The van der Waals surface area contributed by atoms with Gasteiger partial charge in [0.15, 0.2) is 5.75 Å². The Labute approximate surface area is 159 Å². The monoisotopic (exact) mass is 366 g/mol. The molecule has 5 nitrogen and oxygen atoms in total. The first-order valence-corrected chi connectivity index (χ1v) is 9.80. The highest BCUT2D eigenvalue weighted by atomic mass is 16.5. The highest BCUT2D eigenvalue weighted by Crippen LogP contribution is 2.42. The van der Waals surface area contributed by atoms with Crippen LogP contribution in [0.5, 0.6) is 5.75 Å². The second-order valence-electron chi connectivity index (χ2n) is 7.08. The molecule has 0 saturated heterocycles. The van der Waals surface area contributed by atoms with Crippen LogP contribution in [0.2, 0.25) is 0 Å². The van der Waals surface area contributed by atoms with Crippen molar-refractivity contribution in [1.29, 1.82) is 5.26 Å². The maximum atomic E-state index is 12.6. The first kappa shape index (κ1) is 19.0. The average Bonchev–Trinajstić information content (AvgIpc) is 2.67. The van der Waals surface area contributed by atoms with E-state index in [2.05, 4.69) is 13.0 Å². The molecule has 2 aromatic rings. The highest BCUT2D eigenvalue weighted by Gasteiger charge is 2.33. The van der Waals surface area contributed by atoms with Crippen molar-refractivity contribution in [1.82, 2.24) is 0 Å². The average molecular weight is 366 g/mol. The number of para-hydroxylation sites is 1. The van der Waals surface area contributed by atoms with Crippen molar-refractivity contribution in [2.75, 3.05) is 0 Å². The molecule has 1 aromatic carbocycles. The Kier molecular flexibility index (Phi) is 6.18. The molecule has 0 aliphatic carbocycles. The van der Waals surface area contributed by atoms with E-state index in [1.54, 1.807) is 12.1 Å². The number of nitrogens with two attached hydrogens (primary N) is 1. The third-order valence-electron chi connectivity index (χ3n) is 5.19. The molecule has 0 bridgehead atoms. The molecule has 27 heavy (non-hydrogen) atoms. The zero-order valence-electron chi connectivity index (χ0n) is 15.8. The van der Waals surface area contributed by atoms with Crippen LogP contribution in [0, 0.1) is 11.3 Å². The maximum absolute atomic E-state index is 12.6. The lowest BCUT2D eigenvalue weighted by Gasteiger charge is -2.25. The SMILES string of the molecule is CCCCCCCCC[C@H]1C(C#N)=C(N)Oc2c1c(=O)oc1ccccc21. The molecule has 5 heteroatoms. The van der Waals surface area contributed by atoms with Gasteiger partial charge < -0.3 is 14.9 Å². The number of fused-ring (bicyclic) bond motifs is 3. The van der Waals surface area contributed by atoms with E-state index in [9.17, 15) is 10.1 Å². The van der Waals surface area contributed by atoms with Crippen LogP contribution in [0.25, 0.3) is 11.0 Å². The highest BCUT2D eigenvalue weighted by molar-refractivity contribution is 5.85. The number of unbranched alkanes of at least 4 members (excludes halogenated alkanes) is 6. The van der Waals surface area contributed by atoms with Gasteiger partial charge in [-0.15, -0.1) is 0 Å². The molecule has 1 aliphatic rings. The van der Waals surface area contributed by atoms with Crippen LogP contribution >= 0.6 is 0 Å². The van der Waals surface area contributed by atoms with Gasteiger partial charge in [-0.2, -0.15) is 5.26 Å². The number of benzene rings is 1. The van der Waals surface area contributed by atoms with Crippen LogP contribution in [-0.4, -0.2) is 0 Å². The van der Waals surface area contributed by atoms with Crippen molar-refractivity contribution in [2.45, 2.75) is 64.2 Å². The van der Waals surface area contributed by atoms with Gasteiger partial charge in [0.25, 0.3) is 0 Å². The summed E-state index contributed by atoms with van der Waals surface area (Å²) in [6, 6.07) is 9.37. The standard InChI is InChI=1S/C22H26N2O3/c1-2-3-4-5-6-7-8-11-15-17(14-23)21(24)27-20-16-12-9-10-13-18(16)26-22(25)19(15)20/h9-10,12-13,15H,2-8,11,24H2,1H3/t15-/m0/s1. The van der Waals surface area contributed by atoms with Crippen LogP contribution in [0.4, 0.5) is 0 Å². The predicted molar refractivity (Wildman–Crippen MR) is 105 cm³/mol. The summed E-state index contributed by atoms with van der Waals surface area (Å²) in [6.07, 6.45) is 8.88. The molecule has 0 saturated carbocycles. The van der Waals surface area contributed by atoms with E-state index in [-0.39, 0.29) is 11.8 Å². The van der Waals surface area contributed by atoms with E-state index >= 15 is 0 Å². The van der Waals surface area contributed by atoms with Gasteiger partial charge in [0.1, 0.15) is 11.7 Å². The van der Waals surface area contributed by atoms with E-state index < -0.39 is 5.63 Å². The second-order valence-corrected chi connectivity index (χ2v) is 7.08. The Hall–Kier alpha value is -2.74. The van der Waals surface area contributed by atoms with Gasteiger partial charge in [0.2, 0.25) is 5.88 Å². The fourth-order valence-corrected chi connectivity index (χ4v) is 3.75.